The lowest BCUT2D eigenvalue weighted by atomic mass is 9.93. The van der Waals surface area contributed by atoms with Crippen LogP contribution >= 0.6 is 0 Å². The van der Waals surface area contributed by atoms with E-state index in [1.54, 1.807) is 0 Å². The number of aliphatic hydroxyl groups is 1. The van der Waals surface area contributed by atoms with E-state index in [-0.39, 0.29) is 23.1 Å². The van der Waals surface area contributed by atoms with Gasteiger partial charge in [-0.15, -0.1) is 0 Å². The summed E-state index contributed by atoms with van der Waals surface area (Å²) in [5, 5.41) is 8.95. The molecule has 0 saturated heterocycles. The largest absolute Gasteiger partial charge is 0.396 e. The standard InChI is InChI=1S/C14H20N2O4S/c15-14(18)11-5-7-13(8-6-11)21(19,20)16(9-2-10-17)12-3-1-4-12/h5-8,12,17H,1-4,9-10H2,(H2,15,18). The molecule has 1 fully saturated rings. The van der Waals surface area contributed by atoms with Crippen LogP contribution in [0.15, 0.2) is 29.2 Å². The first-order valence-electron chi connectivity index (χ1n) is 6.99. The highest BCUT2D eigenvalue weighted by atomic mass is 32.2. The number of nitrogens with two attached hydrogens (primary N) is 1. The average molecular weight is 312 g/mol. The SMILES string of the molecule is NC(=O)c1ccc(S(=O)(=O)N(CCCO)C2CCC2)cc1. The van der Waals surface area contributed by atoms with Crippen LogP contribution in [0.4, 0.5) is 0 Å². The van der Waals surface area contributed by atoms with Gasteiger partial charge in [0, 0.05) is 24.8 Å². The molecular weight excluding hydrogens is 292 g/mol. The van der Waals surface area contributed by atoms with Crippen molar-refractivity contribution in [2.45, 2.75) is 36.6 Å². The van der Waals surface area contributed by atoms with Crippen molar-refractivity contribution in [2.75, 3.05) is 13.2 Å². The van der Waals surface area contributed by atoms with Gasteiger partial charge in [-0.3, -0.25) is 4.79 Å². The zero-order valence-corrected chi connectivity index (χ0v) is 12.6. The van der Waals surface area contributed by atoms with E-state index in [0.29, 0.717) is 13.0 Å². The molecule has 1 amide bonds. The van der Waals surface area contributed by atoms with E-state index in [1.165, 1.54) is 28.6 Å². The van der Waals surface area contributed by atoms with Crippen molar-refractivity contribution in [3.05, 3.63) is 29.8 Å². The van der Waals surface area contributed by atoms with Gasteiger partial charge in [-0.25, -0.2) is 8.42 Å². The van der Waals surface area contributed by atoms with Crippen molar-refractivity contribution in [1.29, 1.82) is 0 Å². The van der Waals surface area contributed by atoms with E-state index in [4.69, 9.17) is 10.8 Å². The lowest BCUT2D eigenvalue weighted by Crippen LogP contribution is -2.44. The Balaban J connectivity index is 2.26. The Morgan fingerprint density at radius 2 is 1.90 bits per heavy atom. The van der Waals surface area contributed by atoms with E-state index in [1.807, 2.05) is 0 Å². The Hall–Kier alpha value is -1.44. The van der Waals surface area contributed by atoms with E-state index in [9.17, 15) is 13.2 Å². The Morgan fingerprint density at radius 1 is 1.29 bits per heavy atom. The van der Waals surface area contributed by atoms with Gasteiger partial charge in [-0.1, -0.05) is 6.42 Å². The molecule has 6 nitrogen and oxygen atoms in total. The minimum absolute atomic E-state index is 0.0115. The van der Waals surface area contributed by atoms with Crippen LogP contribution in [0.2, 0.25) is 0 Å². The molecule has 0 aromatic heterocycles. The predicted molar refractivity (Wildman–Crippen MR) is 78.2 cm³/mol. The van der Waals surface area contributed by atoms with Crippen molar-refractivity contribution >= 4 is 15.9 Å². The Morgan fingerprint density at radius 3 is 2.33 bits per heavy atom. The monoisotopic (exact) mass is 312 g/mol. The fourth-order valence-corrected chi connectivity index (χ4v) is 4.05. The number of aliphatic hydroxyl groups excluding tert-OH is 1. The summed E-state index contributed by atoms with van der Waals surface area (Å²) in [6, 6.07) is 5.65. The highest BCUT2D eigenvalue weighted by molar-refractivity contribution is 7.89. The number of sulfonamides is 1. The van der Waals surface area contributed by atoms with Crippen LogP contribution in [0, 0.1) is 0 Å². The molecule has 21 heavy (non-hydrogen) atoms. The number of carbonyl (C=O) groups excluding carboxylic acids is 1. The average Bonchev–Trinajstić information content (AvgIpc) is 2.41. The van der Waals surface area contributed by atoms with E-state index in [0.717, 1.165) is 19.3 Å². The second-order valence-electron chi connectivity index (χ2n) is 5.17. The van der Waals surface area contributed by atoms with Crippen LogP contribution in [-0.2, 0) is 10.0 Å². The third-order valence-electron chi connectivity index (χ3n) is 3.76. The second-order valence-corrected chi connectivity index (χ2v) is 7.06. The molecule has 3 N–H and O–H groups in total. The van der Waals surface area contributed by atoms with Crippen molar-refractivity contribution in [3.63, 3.8) is 0 Å². The van der Waals surface area contributed by atoms with Crippen LogP contribution in [0.1, 0.15) is 36.0 Å². The fraction of sp³-hybridized carbons (Fsp3) is 0.500. The molecule has 0 heterocycles. The maximum Gasteiger partial charge on any atom is 0.248 e. The second kappa shape index (κ2) is 6.55. The Bertz CT molecular complexity index is 594. The first kappa shape index (κ1) is 15.9. The Labute approximate surface area is 124 Å². The summed E-state index contributed by atoms with van der Waals surface area (Å²) in [5.41, 5.74) is 5.43. The van der Waals surface area contributed by atoms with Gasteiger partial charge in [0.15, 0.2) is 0 Å². The summed E-state index contributed by atoms with van der Waals surface area (Å²) in [6.07, 6.45) is 3.14. The fourth-order valence-electron chi connectivity index (χ4n) is 2.33. The number of primary amides is 1. The molecule has 0 unspecified atom stereocenters. The molecule has 1 aromatic rings. The number of nitrogens with zero attached hydrogens (tertiary/aromatic N) is 1. The summed E-state index contributed by atoms with van der Waals surface area (Å²) < 4.78 is 26.8. The topological polar surface area (TPSA) is 101 Å². The van der Waals surface area contributed by atoms with Crippen LogP contribution in [-0.4, -0.2) is 42.9 Å². The van der Waals surface area contributed by atoms with E-state index >= 15 is 0 Å². The molecule has 1 saturated carbocycles. The zero-order chi connectivity index (χ0) is 15.5. The smallest absolute Gasteiger partial charge is 0.248 e. The van der Waals surface area contributed by atoms with Crippen LogP contribution in [0.3, 0.4) is 0 Å². The van der Waals surface area contributed by atoms with Crippen molar-refractivity contribution in [2.24, 2.45) is 5.73 Å². The van der Waals surface area contributed by atoms with Crippen LogP contribution in [0.5, 0.6) is 0 Å². The van der Waals surface area contributed by atoms with Gasteiger partial charge in [0.05, 0.1) is 4.90 Å². The van der Waals surface area contributed by atoms with Gasteiger partial charge >= 0.3 is 0 Å². The Kier molecular flexibility index (Phi) is 4.97. The molecule has 0 atom stereocenters. The maximum absolute atomic E-state index is 12.7. The van der Waals surface area contributed by atoms with E-state index in [2.05, 4.69) is 0 Å². The molecule has 0 aliphatic heterocycles. The van der Waals surface area contributed by atoms with Crippen molar-refractivity contribution in [3.8, 4) is 0 Å². The minimum Gasteiger partial charge on any atom is -0.396 e. The number of hydrogen-bond donors (Lipinski definition) is 2. The van der Waals surface area contributed by atoms with E-state index < -0.39 is 15.9 Å². The number of hydrogen-bond acceptors (Lipinski definition) is 4. The third-order valence-corrected chi connectivity index (χ3v) is 5.73. The van der Waals surface area contributed by atoms with Gasteiger partial charge in [0.1, 0.15) is 0 Å². The summed E-state index contributed by atoms with van der Waals surface area (Å²) in [6.45, 7) is 0.264. The highest BCUT2D eigenvalue weighted by Gasteiger charge is 2.34. The summed E-state index contributed by atoms with van der Waals surface area (Å²) in [4.78, 5) is 11.2. The molecule has 0 spiro atoms. The summed E-state index contributed by atoms with van der Waals surface area (Å²) >= 11 is 0. The molecule has 0 bridgehead atoms. The highest BCUT2D eigenvalue weighted by Crippen LogP contribution is 2.30. The normalized spacial score (nSPS) is 15.9. The maximum atomic E-state index is 12.7. The molecule has 1 aromatic carbocycles. The molecule has 116 valence electrons. The van der Waals surface area contributed by atoms with Crippen molar-refractivity contribution in [1.82, 2.24) is 4.31 Å². The van der Waals surface area contributed by atoms with Crippen LogP contribution in [0.25, 0.3) is 0 Å². The summed E-state index contributed by atoms with van der Waals surface area (Å²) in [5.74, 6) is -0.588. The molecule has 7 heteroatoms. The van der Waals surface area contributed by atoms with Gasteiger partial charge in [-0.2, -0.15) is 4.31 Å². The quantitative estimate of drug-likeness (QED) is 0.774. The first-order valence-corrected chi connectivity index (χ1v) is 8.43. The summed E-state index contributed by atoms with van der Waals surface area (Å²) in [7, 11) is -3.61. The third kappa shape index (κ3) is 3.42. The predicted octanol–water partition coefficient (Wildman–Crippen LogP) is 0.711. The van der Waals surface area contributed by atoms with Gasteiger partial charge in [0.2, 0.25) is 15.9 Å². The molecular formula is C14H20N2O4S. The first-order chi connectivity index (χ1) is 9.96. The zero-order valence-electron chi connectivity index (χ0n) is 11.7. The number of benzene rings is 1. The molecule has 1 aliphatic rings. The number of carbonyl (C=O) groups is 1. The van der Waals surface area contributed by atoms with Crippen molar-refractivity contribution < 1.29 is 18.3 Å². The molecule has 2 rings (SSSR count). The van der Waals surface area contributed by atoms with Gasteiger partial charge in [-0.05, 0) is 43.5 Å². The number of amides is 1. The lowest BCUT2D eigenvalue weighted by Gasteiger charge is -2.36. The molecule has 0 radical (unpaired) electrons. The van der Waals surface area contributed by atoms with Gasteiger partial charge in [0.25, 0.3) is 0 Å². The molecule has 1 aliphatic carbocycles. The minimum atomic E-state index is -3.61. The van der Waals surface area contributed by atoms with Gasteiger partial charge < -0.3 is 10.8 Å². The lowest BCUT2D eigenvalue weighted by molar-refractivity contribution is 0.1000. The van der Waals surface area contributed by atoms with Crippen LogP contribution < -0.4 is 5.73 Å². The number of rotatable bonds is 7.